The molecule has 0 aliphatic rings. The molecular weight excluding hydrogens is 259 g/mol. The summed E-state index contributed by atoms with van der Waals surface area (Å²) >= 11 is 0. The zero-order valence-electron chi connectivity index (χ0n) is 10.2. The molecule has 0 aliphatic heterocycles. The lowest BCUT2D eigenvalue weighted by Crippen LogP contribution is -2.38. The lowest BCUT2D eigenvalue weighted by molar-refractivity contribution is 0.216. The van der Waals surface area contributed by atoms with Gasteiger partial charge in [-0.05, 0) is 25.0 Å². The van der Waals surface area contributed by atoms with Crippen molar-refractivity contribution in [1.29, 1.82) is 0 Å². The second kappa shape index (κ2) is 5.64. The summed E-state index contributed by atoms with van der Waals surface area (Å²) in [7, 11) is -4.04. The zero-order chi connectivity index (χ0) is 13.9. The Hall–Kier alpha value is -1.18. The van der Waals surface area contributed by atoms with E-state index in [-0.39, 0.29) is 18.2 Å². The molecule has 4 N–H and O–H groups in total. The molecule has 1 aromatic carbocycles. The van der Waals surface area contributed by atoms with Crippen molar-refractivity contribution in [2.45, 2.75) is 24.8 Å². The van der Waals surface area contributed by atoms with Gasteiger partial charge < -0.3 is 10.8 Å². The van der Waals surface area contributed by atoms with Crippen LogP contribution in [0, 0.1) is 11.7 Å². The fraction of sp³-hybridized carbons (Fsp3) is 0.455. The molecule has 1 rings (SSSR count). The summed E-state index contributed by atoms with van der Waals surface area (Å²) in [4.78, 5) is -0.554. The highest BCUT2D eigenvalue weighted by Gasteiger charge is 2.25. The monoisotopic (exact) mass is 276 g/mol. The van der Waals surface area contributed by atoms with Crippen LogP contribution in [-0.2, 0) is 10.0 Å². The highest BCUT2D eigenvalue weighted by atomic mass is 32.2. The Morgan fingerprint density at radius 3 is 2.56 bits per heavy atom. The van der Waals surface area contributed by atoms with Gasteiger partial charge in [0.15, 0.2) is 0 Å². The molecule has 0 fully saturated rings. The number of nitrogen functional groups attached to an aromatic ring is 1. The highest BCUT2D eigenvalue weighted by Crippen LogP contribution is 2.22. The number of nitrogens with one attached hydrogen (secondary N) is 1. The van der Waals surface area contributed by atoms with Crippen LogP contribution in [0.3, 0.4) is 0 Å². The summed E-state index contributed by atoms with van der Waals surface area (Å²) in [5.74, 6) is -1.18. The van der Waals surface area contributed by atoms with E-state index < -0.39 is 26.8 Å². The minimum absolute atomic E-state index is 0.147. The van der Waals surface area contributed by atoms with Crippen molar-refractivity contribution in [3.63, 3.8) is 0 Å². The fourth-order valence-corrected chi connectivity index (χ4v) is 2.93. The molecule has 0 bridgehead atoms. The smallest absolute Gasteiger partial charge is 0.245 e. The molecule has 102 valence electrons. The minimum Gasteiger partial charge on any atom is -0.398 e. The van der Waals surface area contributed by atoms with E-state index in [1.165, 1.54) is 12.1 Å². The van der Waals surface area contributed by atoms with E-state index in [4.69, 9.17) is 10.8 Å². The van der Waals surface area contributed by atoms with Gasteiger partial charge in [-0.3, -0.25) is 0 Å². The molecule has 7 heteroatoms. The molecule has 0 aliphatic carbocycles. The van der Waals surface area contributed by atoms with Crippen molar-refractivity contribution in [2.24, 2.45) is 5.92 Å². The van der Waals surface area contributed by atoms with Gasteiger partial charge in [-0.2, -0.15) is 0 Å². The normalized spacial score (nSPS) is 15.3. The van der Waals surface area contributed by atoms with Gasteiger partial charge in [-0.25, -0.2) is 17.5 Å². The molecule has 0 heterocycles. The molecule has 18 heavy (non-hydrogen) atoms. The van der Waals surface area contributed by atoms with E-state index >= 15 is 0 Å². The molecule has 0 radical (unpaired) electrons. The first-order chi connectivity index (χ1) is 8.29. The summed E-state index contributed by atoms with van der Waals surface area (Å²) in [5.41, 5.74) is 5.34. The Labute approximate surface area is 106 Å². The number of benzene rings is 1. The zero-order valence-corrected chi connectivity index (χ0v) is 11.0. The van der Waals surface area contributed by atoms with Crippen molar-refractivity contribution in [3.8, 4) is 0 Å². The highest BCUT2D eigenvalue weighted by molar-refractivity contribution is 7.89. The van der Waals surface area contributed by atoms with Crippen LogP contribution in [0.25, 0.3) is 0 Å². The summed E-state index contributed by atoms with van der Waals surface area (Å²) in [5, 5.41) is 8.95. The number of rotatable bonds is 5. The quantitative estimate of drug-likeness (QED) is 0.690. The molecule has 0 amide bonds. The van der Waals surface area contributed by atoms with Crippen LogP contribution in [0.15, 0.2) is 23.1 Å². The van der Waals surface area contributed by atoms with E-state index in [0.29, 0.717) is 0 Å². The van der Waals surface area contributed by atoms with Gasteiger partial charge in [-0.1, -0.05) is 13.0 Å². The van der Waals surface area contributed by atoms with Gasteiger partial charge in [0, 0.05) is 12.6 Å². The Bertz CT molecular complexity index is 499. The van der Waals surface area contributed by atoms with Gasteiger partial charge in [0.2, 0.25) is 10.0 Å². The number of hydrogen-bond acceptors (Lipinski definition) is 4. The Morgan fingerprint density at radius 1 is 1.44 bits per heavy atom. The van der Waals surface area contributed by atoms with Gasteiger partial charge in [0.25, 0.3) is 0 Å². The molecule has 1 aromatic rings. The number of aliphatic hydroxyl groups is 1. The maximum absolute atomic E-state index is 13.5. The Kier molecular flexibility index (Phi) is 4.66. The van der Waals surface area contributed by atoms with E-state index in [0.717, 1.165) is 6.07 Å². The largest absolute Gasteiger partial charge is 0.398 e. The van der Waals surface area contributed by atoms with Crippen molar-refractivity contribution >= 4 is 15.7 Å². The fourth-order valence-electron chi connectivity index (χ4n) is 1.39. The lowest BCUT2D eigenvalue weighted by atomic mass is 10.1. The Morgan fingerprint density at radius 2 is 2.06 bits per heavy atom. The SMILES string of the molecule is CC(CO)C(C)NS(=O)(=O)c1c(N)cccc1F. The summed E-state index contributed by atoms with van der Waals surface area (Å²) in [6.45, 7) is 3.10. The number of nitrogens with two attached hydrogens (primary N) is 1. The van der Waals surface area contributed by atoms with Crippen LogP contribution in [-0.4, -0.2) is 26.2 Å². The third-order valence-electron chi connectivity index (χ3n) is 2.75. The summed E-state index contributed by atoms with van der Waals surface area (Å²) in [6, 6.07) is 3.16. The van der Waals surface area contributed by atoms with E-state index in [1.54, 1.807) is 13.8 Å². The van der Waals surface area contributed by atoms with Crippen LogP contribution < -0.4 is 10.5 Å². The number of halogens is 1. The second-order valence-corrected chi connectivity index (χ2v) is 5.88. The third-order valence-corrected chi connectivity index (χ3v) is 4.40. The molecule has 0 aromatic heterocycles. The predicted molar refractivity (Wildman–Crippen MR) is 66.8 cm³/mol. The lowest BCUT2D eigenvalue weighted by Gasteiger charge is -2.19. The van der Waals surface area contributed by atoms with E-state index in [9.17, 15) is 12.8 Å². The standard InChI is InChI=1S/C11H17FN2O3S/c1-7(6-15)8(2)14-18(16,17)11-9(12)4-3-5-10(11)13/h3-5,7-8,14-15H,6,13H2,1-2H3. The first-order valence-electron chi connectivity index (χ1n) is 5.46. The first kappa shape index (κ1) is 14.9. The molecule has 0 saturated heterocycles. The minimum atomic E-state index is -4.04. The van der Waals surface area contributed by atoms with Crippen LogP contribution in [0.4, 0.5) is 10.1 Å². The van der Waals surface area contributed by atoms with Gasteiger partial charge >= 0.3 is 0 Å². The predicted octanol–water partition coefficient (Wildman–Crippen LogP) is 0.703. The number of sulfonamides is 1. The summed E-state index contributed by atoms with van der Waals surface area (Å²) in [6.07, 6.45) is 0. The molecule has 0 spiro atoms. The van der Waals surface area contributed by atoms with Gasteiger partial charge in [-0.15, -0.1) is 0 Å². The van der Waals surface area contributed by atoms with Crippen LogP contribution in [0.1, 0.15) is 13.8 Å². The van der Waals surface area contributed by atoms with Crippen molar-refractivity contribution in [2.75, 3.05) is 12.3 Å². The van der Waals surface area contributed by atoms with Crippen molar-refractivity contribution < 1.29 is 17.9 Å². The van der Waals surface area contributed by atoms with Crippen LogP contribution in [0.2, 0.25) is 0 Å². The maximum atomic E-state index is 13.5. The Balaban J connectivity index is 3.08. The molecule has 2 unspecified atom stereocenters. The van der Waals surface area contributed by atoms with Crippen molar-refractivity contribution in [3.05, 3.63) is 24.0 Å². The van der Waals surface area contributed by atoms with Crippen molar-refractivity contribution in [1.82, 2.24) is 4.72 Å². The van der Waals surface area contributed by atoms with Gasteiger partial charge in [0.1, 0.15) is 10.7 Å². The summed E-state index contributed by atoms with van der Waals surface area (Å²) < 4.78 is 39.8. The third kappa shape index (κ3) is 3.18. The molecule has 5 nitrogen and oxygen atoms in total. The topological polar surface area (TPSA) is 92.4 Å². The van der Waals surface area contributed by atoms with E-state index in [1.807, 2.05) is 0 Å². The maximum Gasteiger partial charge on any atom is 0.245 e. The second-order valence-electron chi connectivity index (χ2n) is 4.23. The van der Waals surface area contributed by atoms with Crippen LogP contribution >= 0.6 is 0 Å². The number of anilines is 1. The number of aliphatic hydroxyl groups excluding tert-OH is 1. The first-order valence-corrected chi connectivity index (χ1v) is 6.95. The molecule has 2 atom stereocenters. The van der Waals surface area contributed by atoms with Gasteiger partial charge in [0.05, 0.1) is 5.69 Å². The molecular formula is C11H17FN2O3S. The average Bonchev–Trinajstić information content (AvgIpc) is 2.26. The van der Waals surface area contributed by atoms with E-state index in [2.05, 4.69) is 4.72 Å². The molecule has 0 saturated carbocycles. The average molecular weight is 276 g/mol. The number of hydrogen-bond donors (Lipinski definition) is 3. The van der Waals surface area contributed by atoms with Crippen LogP contribution in [0.5, 0.6) is 0 Å².